The van der Waals surface area contributed by atoms with Crippen molar-refractivity contribution in [3.05, 3.63) is 28.6 Å². The molecule has 0 unspecified atom stereocenters. The molecule has 1 aliphatic rings. The van der Waals surface area contributed by atoms with Crippen molar-refractivity contribution in [3.8, 4) is 5.75 Å². The summed E-state index contributed by atoms with van der Waals surface area (Å²) in [4.78, 5) is 18.9. The highest BCUT2D eigenvalue weighted by molar-refractivity contribution is 5.45. The minimum absolute atomic E-state index is 0.0811. The van der Waals surface area contributed by atoms with Crippen LogP contribution >= 0.6 is 0 Å². The monoisotopic (exact) mass is 363 g/mol. The number of halogens is 3. The van der Waals surface area contributed by atoms with Crippen molar-refractivity contribution in [2.45, 2.75) is 20.3 Å². The zero-order chi connectivity index (χ0) is 19.6. The van der Waals surface area contributed by atoms with Crippen LogP contribution in [0.3, 0.4) is 0 Å². The topological polar surface area (TPSA) is 55.8 Å². The molecule has 0 aromatic heterocycles. The first-order chi connectivity index (χ1) is 11.8. The van der Waals surface area contributed by atoms with Crippen molar-refractivity contribution in [1.29, 1.82) is 0 Å². The molecule has 1 saturated heterocycles. The molecule has 5 nitrogen and oxygen atoms in total. The molecule has 0 radical (unpaired) electrons. The summed E-state index contributed by atoms with van der Waals surface area (Å²) >= 11 is 0. The predicted molar refractivity (Wildman–Crippen MR) is 87.1 cm³/mol. The molecule has 1 amide bonds. The van der Waals surface area contributed by atoms with Gasteiger partial charge in [-0.05, 0) is 13.3 Å². The summed E-state index contributed by atoms with van der Waals surface area (Å²) in [6.07, 6.45) is 0.831. The van der Waals surface area contributed by atoms with Crippen LogP contribution in [0.2, 0.25) is 0 Å². The molecule has 1 aromatic carbocycles. The van der Waals surface area contributed by atoms with Gasteiger partial charge in [0.2, 0.25) is 6.41 Å². The molecule has 0 saturated carbocycles. The first-order valence-corrected chi connectivity index (χ1v) is 7.60. The Morgan fingerprint density at radius 1 is 1.20 bits per heavy atom. The average Bonchev–Trinajstić information content (AvgIpc) is 2.57. The van der Waals surface area contributed by atoms with Gasteiger partial charge in [-0.1, -0.05) is 6.92 Å². The van der Waals surface area contributed by atoms with E-state index in [4.69, 9.17) is 14.3 Å². The number of nitrogens with zero attached hydrogens (tertiary/aromatic N) is 1. The molecule has 1 fully saturated rings. The second-order valence-corrected chi connectivity index (χ2v) is 5.51. The summed E-state index contributed by atoms with van der Waals surface area (Å²) in [5, 5.41) is 0. The van der Waals surface area contributed by atoms with Crippen LogP contribution in [0, 0.1) is 30.3 Å². The van der Waals surface area contributed by atoms with Crippen molar-refractivity contribution in [3.63, 3.8) is 0 Å². The molecule has 0 N–H and O–H groups in total. The van der Waals surface area contributed by atoms with Crippen LogP contribution in [0.1, 0.15) is 18.1 Å². The van der Waals surface area contributed by atoms with E-state index in [1.165, 1.54) is 11.8 Å². The van der Waals surface area contributed by atoms with E-state index >= 15 is 0 Å². The van der Waals surface area contributed by atoms with Gasteiger partial charge < -0.3 is 19.2 Å². The van der Waals surface area contributed by atoms with Crippen molar-refractivity contribution >= 4 is 13.2 Å². The molecule has 8 heteroatoms. The second-order valence-electron chi connectivity index (χ2n) is 5.51. The van der Waals surface area contributed by atoms with Crippen molar-refractivity contribution in [2.24, 2.45) is 5.92 Å². The molecular formula is C17H24F3NO4. The maximum absolute atomic E-state index is 14.0. The number of amides is 1. The highest BCUT2D eigenvalue weighted by Gasteiger charge is 2.25. The number of ether oxygens (including phenoxy) is 2. The summed E-state index contributed by atoms with van der Waals surface area (Å²) in [5.41, 5.74) is -0.389. The third-order valence-electron chi connectivity index (χ3n) is 3.33. The van der Waals surface area contributed by atoms with Gasteiger partial charge in [0.15, 0.2) is 23.2 Å². The minimum atomic E-state index is -1.12. The second kappa shape index (κ2) is 11.5. The normalized spacial score (nSPS) is 12.8. The van der Waals surface area contributed by atoms with Gasteiger partial charge in [0.25, 0.3) is 0 Å². The largest absolute Gasteiger partial charge is 0.490 e. The number of benzene rings is 1. The fraction of sp³-hybridized carbons (Fsp3) is 0.529. The lowest BCUT2D eigenvalue weighted by molar-refractivity contribution is -0.115. The molecule has 0 aliphatic carbocycles. The molecule has 1 heterocycles. The maximum atomic E-state index is 14.0. The molecule has 0 bridgehead atoms. The predicted octanol–water partition coefficient (Wildman–Crippen LogP) is 2.52. The molecule has 0 spiro atoms. The lowest BCUT2D eigenvalue weighted by Gasteiger charge is -2.26. The molecule has 1 aromatic rings. The number of carbonyl (C=O) groups excluding carboxylic acids is 2. The Kier molecular flexibility index (Phi) is 10.5. The van der Waals surface area contributed by atoms with E-state index in [1.807, 2.05) is 6.79 Å². The standard InChI is InChI=1S/C13H15F3O2.C3H7NO.CH2O/c1-3-9-11(15)10(14)7(2)13(12(9)16)18-6-8-4-17-5-8;1-4(2)3-5;1-2/h8H,3-6H2,1-2H3;3H,1-2H3;1H2. The first kappa shape index (κ1) is 22.9. The van der Waals surface area contributed by atoms with Gasteiger partial charge in [-0.3, -0.25) is 4.79 Å². The van der Waals surface area contributed by atoms with E-state index in [-0.39, 0.29) is 35.8 Å². The molecule has 2 rings (SSSR count). The molecule has 1 aliphatic heterocycles. The van der Waals surface area contributed by atoms with Crippen LogP contribution < -0.4 is 4.74 Å². The quantitative estimate of drug-likeness (QED) is 0.596. The van der Waals surface area contributed by atoms with Crippen molar-refractivity contribution < 1.29 is 32.2 Å². The summed E-state index contributed by atoms with van der Waals surface area (Å²) in [6, 6.07) is 0. The van der Waals surface area contributed by atoms with Gasteiger partial charge in [0.1, 0.15) is 6.79 Å². The van der Waals surface area contributed by atoms with Crippen molar-refractivity contribution in [2.75, 3.05) is 33.9 Å². The fourth-order valence-corrected chi connectivity index (χ4v) is 1.86. The van der Waals surface area contributed by atoms with Crippen LogP contribution in [0.25, 0.3) is 0 Å². The maximum Gasteiger partial charge on any atom is 0.209 e. The molecule has 0 atom stereocenters. The minimum Gasteiger partial charge on any atom is -0.490 e. The van der Waals surface area contributed by atoms with Gasteiger partial charge in [0, 0.05) is 31.1 Å². The fourth-order valence-electron chi connectivity index (χ4n) is 1.86. The Labute approximate surface area is 145 Å². The Morgan fingerprint density at radius 3 is 2.08 bits per heavy atom. The van der Waals surface area contributed by atoms with Gasteiger partial charge in [-0.2, -0.15) is 0 Å². The smallest absolute Gasteiger partial charge is 0.209 e. The van der Waals surface area contributed by atoms with Gasteiger partial charge in [0.05, 0.1) is 19.8 Å². The Hall–Kier alpha value is -2.09. The highest BCUT2D eigenvalue weighted by Crippen LogP contribution is 2.31. The third-order valence-corrected chi connectivity index (χ3v) is 3.33. The zero-order valence-corrected chi connectivity index (χ0v) is 14.9. The Balaban J connectivity index is 0.000000710. The summed E-state index contributed by atoms with van der Waals surface area (Å²) in [5.74, 6) is -2.94. The van der Waals surface area contributed by atoms with Crippen LogP contribution in [0.4, 0.5) is 13.2 Å². The molecule has 25 heavy (non-hydrogen) atoms. The van der Waals surface area contributed by atoms with Crippen LogP contribution in [0.15, 0.2) is 0 Å². The van der Waals surface area contributed by atoms with E-state index in [0.717, 1.165) is 6.41 Å². The third kappa shape index (κ3) is 6.38. The van der Waals surface area contributed by atoms with Gasteiger partial charge >= 0.3 is 0 Å². The van der Waals surface area contributed by atoms with Crippen molar-refractivity contribution in [1.82, 2.24) is 4.90 Å². The number of hydrogen-bond donors (Lipinski definition) is 0. The summed E-state index contributed by atoms with van der Waals surface area (Å²) < 4.78 is 51.3. The Bertz CT molecular complexity index is 564. The average molecular weight is 363 g/mol. The first-order valence-electron chi connectivity index (χ1n) is 7.60. The number of carbonyl (C=O) groups is 2. The van der Waals surface area contributed by atoms with E-state index in [1.54, 1.807) is 21.0 Å². The lowest BCUT2D eigenvalue weighted by atomic mass is 10.1. The highest BCUT2D eigenvalue weighted by atomic mass is 19.2. The Morgan fingerprint density at radius 2 is 1.72 bits per heavy atom. The molecule has 142 valence electrons. The zero-order valence-electron chi connectivity index (χ0n) is 14.9. The SMILES string of the molecule is C=O.CCc1c(F)c(F)c(C)c(OCC2COC2)c1F.CN(C)C=O. The van der Waals surface area contributed by atoms with Crippen LogP contribution in [-0.4, -0.2) is 52.0 Å². The number of rotatable bonds is 5. The van der Waals surface area contributed by atoms with Gasteiger partial charge in [-0.15, -0.1) is 0 Å². The summed E-state index contributed by atoms with van der Waals surface area (Å²) in [6.45, 7) is 6.26. The number of hydrogen-bond acceptors (Lipinski definition) is 4. The van der Waals surface area contributed by atoms with Crippen LogP contribution in [0.5, 0.6) is 5.75 Å². The van der Waals surface area contributed by atoms with E-state index < -0.39 is 17.5 Å². The van der Waals surface area contributed by atoms with Gasteiger partial charge in [-0.25, -0.2) is 13.2 Å². The van der Waals surface area contributed by atoms with E-state index in [0.29, 0.717) is 13.2 Å². The van der Waals surface area contributed by atoms with E-state index in [2.05, 4.69) is 0 Å². The molecular weight excluding hydrogens is 339 g/mol. The lowest BCUT2D eigenvalue weighted by Crippen LogP contribution is -2.33. The summed E-state index contributed by atoms with van der Waals surface area (Å²) in [7, 11) is 3.38. The van der Waals surface area contributed by atoms with E-state index in [9.17, 15) is 18.0 Å². The van der Waals surface area contributed by atoms with Crippen LogP contribution in [-0.2, 0) is 20.7 Å².